The first-order chi connectivity index (χ1) is 9.81. The first kappa shape index (κ1) is 13.8. The molecule has 0 saturated carbocycles. The largest absolute Gasteiger partial charge is 0.384 e. The normalized spacial score (nSPS) is 9.65. The van der Waals surface area contributed by atoms with Gasteiger partial charge in [0.1, 0.15) is 12.3 Å². The van der Waals surface area contributed by atoms with E-state index in [1.807, 2.05) is 12.3 Å². The Morgan fingerprint density at radius 2 is 2.30 bits per heavy atom. The molecule has 2 aromatic heterocycles. The quantitative estimate of drug-likeness (QED) is 0.769. The van der Waals surface area contributed by atoms with Gasteiger partial charge in [0.15, 0.2) is 0 Å². The zero-order chi connectivity index (χ0) is 14.2. The molecule has 0 spiro atoms. The molecule has 0 atom stereocenters. The number of carbonyl (C=O) groups excluding carboxylic acids is 1. The number of rotatable bonds is 4. The molecule has 6 heteroatoms. The average Bonchev–Trinajstić information content (AvgIpc) is 2.98. The number of hydrogen-bond acceptors (Lipinski definition) is 4. The molecule has 102 valence electrons. The van der Waals surface area contributed by atoms with Gasteiger partial charge in [0.25, 0.3) is 5.91 Å². The van der Waals surface area contributed by atoms with E-state index < -0.39 is 0 Å². The van der Waals surface area contributed by atoms with Gasteiger partial charge in [-0.2, -0.15) is 5.10 Å². The van der Waals surface area contributed by atoms with Gasteiger partial charge in [-0.3, -0.25) is 9.48 Å². The van der Waals surface area contributed by atoms with E-state index in [1.54, 1.807) is 23.0 Å². The molecule has 2 N–H and O–H groups in total. The molecule has 2 rings (SSSR count). The smallest absolute Gasteiger partial charge is 0.271 e. The van der Waals surface area contributed by atoms with Crippen LogP contribution in [0.25, 0.3) is 0 Å². The lowest BCUT2D eigenvalue weighted by Gasteiger charge is -2.06. The van der Waals surface area contributed by atoms with Crippen LogP contribution in [-0.2, 0) is 6.54 Å². The first-order valence-corrected chi connectivity index (χ1v) is 6.11. The number of aliphatic hydroxyl groups is 1. The number of nitrogens with zero attached hydrogens (tertiary/aromatic N) is 3. The number of aromatic nitrogens is 3. The lowest BCUT2D eigenvalue weighted by atomic mass is 10.2. The summed E-state index contributed by atoms with van der Waals surface area (Å²) in [5.41, 5.74) is 0.757. The molecule has 0 radical (unpaired) electrons. The van der Waals surface area contributed by atoms with Gasteiger partial charge in [0, 0.05) is 25.1 Å². The number of nitrogens with one attached hydrogen (secondary N) is 1. The Bertz CT molecular complexity index is 626. The van der Waals surface area contributed by atoms with Crippen molar-refractivity contribution in [2.24, 2.45) is 0 Å². The molecule has 20 heavy (non-hydrogen) atoms. The van der Waals surface area contributed by atoms with Crippen molar-refractivity contribution in [2.75, 3.05) is 13.2 Å². The summed E-state index contributed by atoms with van der Waals surface area (Å²) in [6, 6.07) is 5.21. The van der Waals surface area contributed by atoms with Gasteiger partial charge in [-0.15, -0.1) is 0 Å². The van der Waals surface area contributed by atoms with Gasteiger partial charge in [-0.25, -0.2) is 4.98 Å². The van der Waals surface area contributed by atoms with E-state index in [1.165, 1.54) is 6.20 Å². The summed E-state index contributed by atoms with van der Waals surface area (Å²) in [5.74, 6) is 4.92. The van der Waals surface area contributed by atoms with Crippen molar-refractivity contribution in [3.63, 3.8) is 0 Å². The van der Waals surface area contributed by atoms with Crippen molar-refractivity contribution < 1.29 is 9.90 Å². The lowest BCUT2D eigenvalue weighted by molar-refractivity contribution is 0.0946. The fourth-order valence-corrected chi connectivity index (χ4v) is 1.62. The molecule has 6 nitrogen and oxygen atoms in total. The number of pyridine rings is 1. The van der Waals surface area contributed by atoms with Crippen LogP contribution in [0.4, 0.5) is 0 Å². The topological polar surface area (TPSA) is 80.0 Å². The van der Waals surface area contributed by atoms with Crippen LogP contribution in [0.3, 0.4) is 0 Å². The minimum Gasteiger partial charge on any atom is -0.384 e. The minimum atomic E-state index is -0.292. The Labute approximate surface area is 116 Å². The second-order valence-electron chi connectivity index (χ2n) is 3.88. The first-order valence-electron chi connectivity index (χ1n) is 6.11. The van der Waals surface area contributed by atoms with Gasteiger partial charge in [0.05, 0.1) is 12.1 Å². The van der Waals surface area contributed by atoms with E-state index in [0.29, 0.717) is 18.7 Å². The number of carbonyl (C=O) groups is 1. The molecule has 2 heterocycles. The third-order valence-electron chi connectivity index (χ3n) is 2.51. The highest BCUT2D eigenvalue weighted by Gasteiger charge is 2.10. The molecule has 0 bridgehead atoms. The van der Waals surface area contributed by atoms with Crippen LogP contribution in [-0.4, -0.2) is 38.9 Å². The standard InChI is InChI=1S/C14H14N4O2/c19-11-2-5-12-4-1-6-15-13(12)14(20)16-8-10-18-9-3-7-17-18/h1,3-4,6-7,9,19H,8,10-11H2,(H,16,20). The summed E-state index contributed by atoms with van der Waals surface area (Å²) < 4.78 is 1.73. The van der Waals surface area contributed by atoms with Gasteiger partial charge in [-0.05, 0) is 18.2 Å². The lowest BCUT2D eigenvalue weighted by Crippen LogP contribution is -2.28. The van der Waals surface area contributed by atoms with E-state index >= 15 is 0 Å². The van der Waals surface area contributed by atoms with Crippen molar-refractivity contribution in [1.29, 1.82) is 0 Å². The fraction of sp³-hybridized carbons (Fsp3) is 0.214. The molecule has 0 aliphatic rings. The van der Waals surface area contributed by atoms with Gasteiger partial charge < -0.3 is 10.4 Å². The van der Waals surface area contributed by atoms with Gasteiger partial charge in [-0.1, -0.05) is 11.8 Å². The predicted molar refractivity (Wildman–Crippen MR) is 72.8 cm³/mol. The molecular weight excluding hydrogens is 256 g/mol. The molecule has 0 aliphatic heterocycles. The summed E-state index contributed by atoms with van der Waals surface area (Å²) in [6.45, 7) is 0.780. The highest BCUT2D eigenvalue weighted by atomic mass is 16.2. The molecule has 0 fully saturated rings. The molecule has 0 saturated heterocycles. The maximum Gasteiger partial charge on any atom is 0.271 e. The van der Waals surface area contributed by atoms with Crippen molar-refractivity contribution in [3.05, 3.63) is 48.0 Å². The SMILES string of the molecule is O=C(NCCn1cccn1)c1ncccc1C#CCO. The zero-order valence-corrected chi connectivity index (χ0v) is 10.8. The molecule has 0 unspecified atom stereocenters. The summed E-state index contributed by atoms with van der Waals surface area (Å²) in [4.78, 5) is 16.1. The van der Waals surface area contributed by atoms with E-state index in [2.05, 4.69) is 27.2 Å². The Balaban J connectivity index is 1.98. The number of hydrogen-bond donors (Lipinski definition) is 2. The Morgan fingerprint density at radius 3 is 3.05 bits per heavy atom. The zero-order valence-electron chi connectivity index (χ0n) is 10.8. The summed E-state index contributed by atoms with van der Waals surface area (Å²) in [7, 11) is 0. The second-order valence-corrected chi connectivity index (χ2v) is 3.88. The molecular formula is C14H14N4O2. The summed E-state index contributed by atoms with van der Waals surface area (Å²) >= 11 is 0. The van der Waals surface area contributed by atoms with E-state index in [0.717, 1.165) is 0 Å². The maximum absolute atomic E-state index is 12.0. The van der Waals surface area contributed by atoms with Crippen molar-refractivity contribution >= 4 is 5.91 Å². The van der Waals surface area contributed by atoms with Crippen LogP contribution < -0.4 is 5.32 Å². The highest BCUT2D eigenvalue weighted by Crippen LogP contribution is 2.03. The van der Waals surface area contributed by atoms with Crippen molar-refractivity contribution in [2.45, 2.75) is 6.54 Å². The van der Waals surface area contributed by atoms with Crippen molar-refractivity contribution in [3.8, 4) is 11.8 Å². The van der Waals surface area contributed by atoms with E-state index in [9.17, 15) is 4.79 Å². The average molecular weight is 270 g/mol. The van der Waals surface area contributed by atoms with Crippen LogP contribution in [0.15, 0.2) is 36.8 Å². The third kappa shape index (κ3) is 3.67. The van der Waals surface area contributed by atoms with Gasteiger partial charge in [0.2, 0.25) is 0 Å². The Morgan fingerprint density at radius 1 is 1.40 bits per heavy atom. The number of aliphatic hydroxyl groups excluding tert-OH is 1. The Kier molecular flexibility index (Phi) is 4.87. The predicted octanol–water partition coefficient (Wildman–Crippen LogP) is 0.0519. The molecule has 0 aliphatic carbocycles. The maximum atomic E-state index is 12.0. The minimum absolute atomic E-state index is 0.255. The van der Waals surface area contributed by atoms with Crippen molar-refractivity contribution in [1.82, 2.24) is 20.1 Å². The molecule has 2 aromatic rings. The monoisotopic (exact) mass is 270 g/mol. The third-order valence-corrected chi connectivity index (χ3v) is 2.51. The van der Waals surface area contributed by atoms with Crippen LogP contribution in [0.5, 0.6) is 0 Å². The Hall–Kier alpha value is -2.65. The fourth-order valence-electron chi connectivity index (χ4n) is 1.62. The number of amides is 1. The molecule has 0 aromatic carbocycles. The van der Waals surface area contributed by atoms with Gasteiger partial charge >= 0.3 is 0 Å². The molecule has 1 amide bonds. The second kappa shape index (κ2) is 7.07. The van der Waals surface area contributed by atoms with Crippen LogP contribution >= 0.6 is 0 Å². The van der Waals surface area contributed by atoms with Crippen LogP contribution in [0.2, 0.25) is 0 Å². The summed E-state index contributed by atoms with van der Waals surface area (Å²) in [6.07, 6.45) is 5.04. The summed E-state index contributed by atoms with van der Waals surface area (Å²) in [5, 5.41) is 15.5. The highest BCUT2D eigenvalue weighted by molar-refractivity contribution is 5.94. The van der Waals surface area contributed by atoms with Crippen LogP contribution in [0, 0.1) is 11.8 Å². The van der Waals surface area contributed by atoms with E-state index in [4.69, 9.17) is 5.11 Å². The van der Waals surface area contributed by atoms with Crippen LogP contribution in [0.1, 0.15) is 16.1 Å². The van der Waals surface area contributed by atoms with E-state index in [-0.39, 0.29) is 18.2 Å².